The monoisotopic (exact) mass is 322 g/mol. The summed E-state index contributed by atoms with van der Waals surface area (Å²) < 4.78 is 0. The zero-order valence-electron chi connectivity index (χ0n) is 14.9. The van der Waals surface area contributed by atoms with Gasteiger partial charge in [-0.1, -0.05) is 74.0 Å². The standard InChI is InChI=1S/C22H30N2/c1-2-3-14-23-15-17-24(18-16-23)19-22(20-10-6-4-7-11-20)21-12-8-5-9-13-21/h4-13,22H,2-3,14-19H2,1H3. The molecule has 2 nitrogen and oxygen atoms in total. The Kier molecular flexibility index (Phi) is 6.45. The van der Waals surface area contributed by atoms with Gasteiger partial charge in [-0.15, -0.1) is 0 Å². The minimum Gasteiger partial charge on any atom is -0.301 e. The van der Waals surface area contributed by atoms with Gasteiger partial charge in [0.15, 0.2) is 0 Å². The average molecular weight is 322 g/mol. The molecule has 3 rings (SSSR count). The number of hydrogen-bond acceptors (Lipinski definition) is 2. The van der Waals surface area contributed by atoms with Crippen LogP contribution < -0.4 is 0 Å². The predicted octanol–water partition coefficient (Wildman–Crippen LogP) is 4.24. The van der Waals surface area contributed by atoms with Gasteiger partial charge < -0.3 is 4.90 Å². The van der Waals surface area contributed by atoms with Crippen LogP contribution in [0.15, 0.2) is 60.7 Å². The summed E-state index contributed by atoms with van der Waals surface area (Å²) >= 11 is 0. The minimum absolute atomic E-state index is 0.467. The number of benzene rings is 2. The van der Waals surface area contributed by atoms with E-state index in [-0.39, 0.29) is 0 Å². The van der Waals surface area contributed by atoms with E-state index in [1.807, 2.05) is 0 Å². The van der Waals surface area contributed by atoms with E-state index in [2.05, 4.69) is 77.4 Å². The lowest BCUT2D eigenvalue weighted by Crippen LogP contribution is -2.47. The van der Waals surface area contributed by atoms with Gasteiger partial charge in [0, 0.05) is 38.6 Å². The van der Waals surface area contributed by atoms with E-state index < -0.39 is 0 Å². The summed E-state index contributed by atoms with van der Waals surface area (Å²) in [7, 11) is 0. The quantitative estimate of drug-likeness (QED) is 0.752. The number of unbranched alkanes of at least 4 members (excludes halogenated alkanes) is 1. The molecular formula is C22H30N2. The van der Waals surface area contributed by atoms with Gasteiger partial charge in [-0.25, -0.2) is 0 Å². The first-order valence-electron chi connectivity index (χ1n) is 9.41. The van der Waals surface area contributed by atoms with Crippen LogP contribution in [0, 0.1) is 0 Å². The average Bonchev–Trinajstić information content (AvgIpc) is 2.67. The summed E-state index contributed by atoms with van der Waals surface area (Å²) in [6.07, 6.45) is 2.63. The highest BCUT2D eigenvalue weighted by Gasteiger charge is 2.21. The fourth-order valence-corrected chi connectivity index (χ4v) is 3.61. The Morgan fingerprint density at radius 1 is 0.750 bits per heavy atom. The number of nitrogens with zero attached hydrogens (tertiary/aromatic N) is 2. The molecule has 0 aliphatic carbocycles. The highest BCUT2D eigenvalue weighted by molar-refractivity contribution is 5.32. The molecule has 0 saturated carbocycles. The summed E-state index contributed by atoms with van der Waals surface area (Å²) in [4.78, 5) is 5.27. The van der Waals surface area contributed by atoms with E-state index >= 15 is 0 Å². The molecule has 1 saturated heterocycles. The van der Waals surface area contributed by atoms with E-state index in [0.29, 0.717) is 5.92 Å². The van der Waals surface area contributed by atoms with Gasteiger partial charge in [-0.05, 0) is 24.1 Å². The Bertz CT molecular complexity index is 534. The second-order valence-electron chi connectivity index (χ2n) is 6.87. The Morgan fingerprint density at radius 3 is 1.75 bits per heavy atom. The summed E-state index contributed by atoms with van der Waals surface area (Å²) in [5, 5.41) is 0. The van der Waals surface area contributed by atoms with Crippen molar-refractivity contribution in [3.05, 3.63) is 71.8 Å². The lowest BCUT2D eigenvalue weighted by atomic mass is 9.90. The Labute approximate surface area is 147 Å². The molecule has 1 aliphatic heterocycles. The first-order chi connectivity index (χ1) is 11.9. The molecule has 2 aromatic carbocycles. The van der Waals surface area contributed by atoms with Gasteiger partial charge in [0.25, 0.3) is 0 Å². The van der Waals surface area contributed by atoms with E-state index in [1.54, 1.807) is 0 Å². The van der Waals surface area contributed by atoms with Crippen molar-refractivity contribution in [1.82, 2.24) is 9.80 Å². The fourth-order valence-electron chi connectivity index (χ4n) is 3.61. The van der Waals surface area contributed by atoms with Crippen molar-refractivity contribution in [3.63, 3.8) is 0 Å². The van der Waals surface area contributed by atoms with Gasteiger partial charge in [-0.3, -0.25) is 4.90 Å². The molecule has 0 N–H and O–H groups in total. The maximum Gasteiger partial charge on any atom is 0.0217 e. The highest BCUT2D eigenvalue weighted by atomic mass is 15.3. The third kappa shape index (κ3) is 4.68. The lowest BCUT2D eigenvalue weighted by molar-refractivity contribution is 0.128. The molecule has 128 valence electrons. The van der Waals surface area contributed by atoms with Crippen LogP contribution in [0.5, 0.6) is 0 Å². The maximum absolute atomic E-state index is 2.65. The maximum atomic E-state index is 2.65. The number of piperazine rings is 1. The van der Waals surface area contributed by atoms with Gasteiger partial charge >= 0.3 is 0 Å². The SMILES string of the molecule is CCCCN1CCN(CC(c2ccccc2)c2ccccc2)CC1. The first-order valence-corrected chi connectivity index (χ1v) is 9.41. The largest absolute Gasteiger partial charge is 0.301 e. The normalized spacial score (nSPS) is 16.6. The Hall–Kier alpha value is -1.64. The fraction of sp³-hybridized carbons (Fsp3) is 0.455. The van der Waals surface area contributed by atoms with Gasteiger partial charge in [-0.2, -0.15) is 0 Å². The summed E-state index contributed by atoms with van der Waals surface area (Å²) in [5.41, 5.74) is 2.86. The molecule has 0 spiro atoms. The second-order valence-corrected chi connectivity index (χ2v) is 6.87. The molecule has 24 heavy (non-hydrogen) atoms. The molecule has 0 unspecified atom stereocenters. The van der Waals surface area contributed by atoms with Crippen molar-refractivity contribution in [1.29, 1.82) is 0 Å². The van der Waals surface area contributed by atoms with Crippen LogP contribution in [-0.2, 0) is 0 Å². The zero-order chi connectivity index (χ0) is 16.6. The molecule has 0 amide bonds. The highest BCUT2D eigenvalue weighted by Crippen LogP contribution is 2.26. The van der Waals surface area contributed by atoms with E-state index in [4.69, 9.17) is 0 Å². The number of hydrogen-bond donors (Lipinski definition) is 0. The van der Waals surface area contributed by atoms with Crippen molar-refractivity contribution in [2.75, 3.05) is 39.3 Å². The van der Waals surface area contributed by atoms with Crippen molar-refractivity contribution < 1.29 is 0 Å². The van der Waals surface area contributed by atoms with Crippen molar-refractivity contribution in [3.8, 4) is 0 Å². The molecular weight excluding hydrogens is 292 g/mol. The van der Waals surface area contributed by atoms with E-state index in [0.717, 1.165) is 6.54 Å². The zero-order valence-corrected chi connectivity index (χ0v) is 14.9. The van der Waals surface area contributed by atoms with Crippen LogP contribution in [0.25, 0.3) is 0 Å². The third-order valence-electron chi connectivity index (χ3n) is 5.14. The predicted molar refractivity (Wildman–Crippen MR) is 103 cm³/mol. The molecule has 2 heteroatoms. The summed E-state index contributed by atoms with van der Waals surface area (Å²) in [5.74, 6) is 0.467. The van der Waals surface area contributed by atoms with E-state index in [1.165, 1.54) is 56.7 Å². The van der Waals surface area contributed by atoms with Crippen LogP contribution in [0.4, 0.5) is 0 Å². The molecule has 2 aromatic rings. The van der Waals surface area contributed by atoms with Crippen LogP contribution in [-0.4, -0.2) is 49.1 Å². The topological polar surface area (TPSA) is 6.48 Å². The van der Waals surface area contributed by atoms with Crippen molar-refractivity contribution in [2.45, 2.75) is 25.7 Å². The van der Waals surface area contributed by atoms with Crippen LogP contribution >= 0.6 is 0 Å². The summed E-state index contributed by atoms with van der Waals surface area (Å²) in [6, 6.07) is 22.0. The number of rotatable bonds is 7. The van der Waals surface area contributed by atoms with Crippen LogP contribution in [0.2, 0.25) is 0 Å². The van der Waals surface area contributed by atoms with Gasteiger partial charge in [0.05, 0.1) is 0 Å². The minimum atomic E-state index is 0.467. The van der Waals surface area contributed by atoms with Crippen LogP contribution in [0.3, 0.4) is 0 Å². The van der Waals surface area contributed by atoms with Gasteiger partial charge in [0.2, 0.25) is 0 Å². The van der Waals surface area contributed by atoms with Crippen LogP contribution in [0.1, 0.15) is 36.8 Å². The third-order valence-corrected chi connectivity index (χ3v) is 5.14. The molecule has 0 aromatic heterocycles. The molecule has 0 bridgehead atoms. The lowest BCUT2D eigenvalue weighted by Gasteiger charge is -2.36. The molecule has 0 radical (unpaired) electrons. The molecule has 0 atom stereocenters. The Morgan fingerprint density at radius 2 is 1.25 bits per heavy atom. The summed E-state index contributed by atoms with van der Waals surface area (Å²) in [6.45, 7) is 9.49. The first kappa shape index (κ1) is 17.2. The van der Waals surface area contributed by atoms with E-state index in [9.17, 15) is 0 Å². The van der Waals surface area contributed by atoms with Crippen molar-refractivity contribution >= 4 is 0 Å². The Balaban J connectivity index is 1.65. The van der Waals surface area contributed by atoms with Crippen molar-refractivity contribution in [2.24, 2.45) is 0 Å². The van der Waals surface area contributed by atoms with Gasteiger partial charge in [0.1, 0.15) is 0 Å². The molecule has 1 aliphatic rings. The molecule has 1 fully saturated rings. The molecule has 1 heterocycles. The second kappa shape index (κ2) is 9.00. The smallest absolute Gasteiger partial charge is 0.0217 e.